The molecule has 1 fully saturated rings. The van der Waals surface area contributed by atoms with Crippen LogP contribution in [0, 0.1) is 0 Å². The largest absolute Gasteiger partial charge is 0.348 e. The summed E-state index contributed by atoms with van der Waals surface area (Å²) in [5, 5.41) is 6.83. The van der Waals surface area contributed by atoms with Gasteiger partial charge in [-0.2, -0.15) is 5.10 Å². The number of amides is 1. The van der Waals surface area contributed by atoms with E-state index in [0.717, 1.165) is 5.56 Å². The molecule has 3 heterocycles. The fourth-order valence-corrected chi connectivity index (χ4v) is 4.56. The Morgan fingerprint density at radius 1 is 1.21 bits per heavy atom. The van der Waals surface area contributed by atoms with Crippen LogP contribution < -0.4 is 9.62 Å². The quantitative estimate of drug-likeness (QED) is 0.690. The number of carbonyl (C=O) groups excluding carboxylic acids is 1. The zero-order chi connectivity index (χ0) is 19.6. The van der Waals surface area contributed by atoms with Crippen LogP contribution in [-0.2, 0) is 16.6 Å². The molecule has 144 valence electrons. The lowest BCUT2D eigenvalue weighted by Crippen LogP contribution is -2.26. The van der Waals surface area contributed by atoms with E-state index in [4.69, 9.17) is 0 Å². The van der Waals surface area contributed by atoms with Gasteiger partial charge in [0.2, 0.25) is 10.0 Å². The van der Waals surface area contributed by atoms with Gasteiger partial charge in [-0.1, -0.05) is 12.1 Å². The smallest absolute Gasteiger partial charge is 0.251 e. The van der Waals surface area contributed by atoms with Gasteiger partial charge in [0, 0.05) is 24.8 Å². The Labute approximate surface area is 162 Å². The van der Waals surface area contributed by atoms with E-state index in [2.05, 4.69) is 20.4 Å². The molecule has 28 heavy (non-hydrogen) atoms. The third kappa shape index (κ3) is 3.72. The number of pyridine rings is 1. The summed E-state index contributed by atoms with van der Waals surface area (Å²) in [4.78, 5) is 20.6. The Morgan fingerprint density at radius 3 is 2.79 bits per heavy atom. The minimum absolute atomic E-state index is 0.140. The molecule has 3 aromatic rings. The molecule has 4 rings (SSSR count). The fourth-order valence-electron chi connectivity index (χ4n) is 3.00. The highest BCUT2D eigenvalue weighted by Crippen LogP contribution is 2.24. The summed E-state index contributed by atoms with van der Waals surface area (Å²) >= 11 is 0. The zero-order valence-corrected chi connectivity index (χ0v) is 15.7. The van der Waals surface area contributed by atoms with E-state index in [1.807, 2.05) is 6.07 Å². The molecule has 0 unspecified atom stereocenters. The Kier molecular flexibility index (Phi) is 4.78. The summed E-state index contributed by atoms with van der Waals surface area (Å²) < 4.78 is 27.0. The molecule has 0 aliphatic carbocycles. The average molecular weight is 398 g/mol. The predicted molar refractivity (Wildman–Crippen MR) is 103 cm³/mol. The first-order valence-corrected chi connectivity index (χ1v) is 10.3. The lowest BCUT2D eigenvalue weighted by atomic mass is 10.1. The third-order valence-electron chi connectivity index (χ3n) is 4.41. The van der Waals surface area contributed by atoms with E-state index in [9.17, 15) is 13.2 Å². The van der Waals surface area contributed by atoms with Crippen LogP contribution in [0.3, 0.4) is 0 Å². The SMILES string of the molecule is O=C(NCc1ccc(-n2cncn2)nc1)c1cccc(N2CCCS2(=O)=O)c1. The Bertz CT molecular complexity index is 1080. The number of hydrogen-bond acceptors (Lipinski definition) is 6. The second-order valence-electron chi connectivity index (χ2n) is 6.34. The van der Waals surface area contributed by atoms with Gasteiger partial charge in [0.25, 0.3) is 5.91 Å². The van der Waals surface area contributed by atoms with Crippen LogP contribution in [0.2, 0.25) is 0 Å². The molecule has 0 spiro atoms. The number of hydrogen-bond donors (Lipinski definition) is 1. The Hall–Kier alpha value is -3.27. The molecular weight excluding hydrogens is 380 g/mol. The molecule has 0 saturated carbocycles. The van der Waals surface area contributed by atoms with E-state index >= 15 is 0 Å². The van der Waals surface area contributed by atoms with Gasteiger partial charge in [-0.15, -0.1) is 0 Å². The van der Waals surface area contributed by atoms with Crippen LogP contribution >= 0.6 is 0 Å². The van der Waals surface area contributed by atoms with Gasteiger partial charge in [0.05, 0.1) is 11.4 Å². The average Bonchev–Trinajstić information content (AvgIpc) is 3.36. The molecule has 0 bridgehead atoms. The normalized spacial score (nSPS) is 15.5. The number of benzene rings is 1. The maximum Gasteiger partial charge on any atom is 0.251 e. The molecule has 1 amide bonds. The van der Waals surface area contributed by atoms with Gasteiger partial charge in [-0.3, -0.25) is 9.10 Å². The lowest BCUT2D eigenvalue weighted by Gasteiger charge is -2.17. The van der Waals surface area contributed by atoms with Crippen molar-refractivity contribution in [3.8, 4) is 5.82 Å². The van der Waals surface area contributed by atoms with Gasteiger partial charge >= 0.3 is 0 Å². The minimum Gasteiger partial charge on any atom is -0.348 e. The van der Waals surface area contributed by atoms with Crippen molar-refractivity contribution < 1.29 is 13.2 Å². The standard InChI is InChI=1S/C18H18N6O3S/c25-18(15-3-1-4-16(9-15)24-7-2-8-28(24,26)27)21-11-14-5-6-17(20-10-14)23-13-19-12-22-23/h1,3-6,9-10,12-13H,2,7-8,11H2,(H,21,25). The number of aromatic nitrogens is 4. The van der Waals surface area contributed by atoms with Crippen LogP contribution in [0.4, 0.5) is 5.69 Å². The topological polar surface area (TPSA) is 110 Å². The first-order valence-electron chi connectivity index (χ1n) is 8.71. The van der Waals surface area contributed by atoms with Crippen LogP contribution in [-0.4, -0.2) is 46.4 Å². The molecule has 9 nitrogen and oxygen atoms in total. The molecular formula is C18H18N6O3S. The first kappa shape index (κ1) is 18.1. The zero-order valence-electron chi connectivity index (χ0n) is 14.9. The van der Waals surface area contributed by atoms with Gasteiger partial charge in [0.1, 0.15) is 12.7 Å². The van der Waals surface area contributed by atoms with Crippen LogP contribution in [0.1, 0.15) is 22.3 Å². The monoisotopic (exact) mass is 398 g/mol. The molecule has 1 aromatic carbocycles. The van der Waals surface area contributed by atoms with E-state index in [1.54, 1.807) is 47.5 Å². The number of rotatable bonds is 5. The van der Waals surface area contributed by atoms with Crippen molar-refractivity contribution in [2.45, 2.75) is 13.0 Å². The van der Waals surface area contributed by atoms with Crippen LogP contribution in [0.5, 0.6) is 0 Å². The van der Waals surface area contributed by atoms with E-state index in [1.165, 1.54) is 10.6 Å². The van der Waals surface area contributed by atoms with Crippen LogP contribution in [0.15, 0.2) is 55.2 Å². The molecule has 2 aromatic heterocycles. The van der Waals surface area contributed by atoms with Gasteiger partial charge < -0.3 is 5.32 Å². The molecule has 1 saturated heterocycles. The molecule has 10 heteroatoms. The highest BCUT2D eigenvalue weighted by atomic mass is 32.2. The summed E-state index contributed by atoms with van der Waals surface area (Å²) in [5.74, 6) is 0.493. The molecule has 1 N–H and O–H groups in total. The minimum atomic E-state index is -3.28. The predicted octanol–water partition coefficient (Wildman–Crippen LogP) is 1.13. The van der Waals surface area contributed by atoms with Gasteiger partial charge in [-0.05, 0) is 36.2 Å². The lowest BCUT2D eigenvalue weighted by molar-refractivity contribution is 0.0951. The maximum atomic E-state index is 12.5. The summed E-state index contributed by atoms with van der Waals surface area (Å²) in [7, 11) is -3.28. The number of carbonyl (C=O) groups is 1. The fraction of sp³-hybridized carbons (Fsp3) is 0.222. The van der Waals surface area contributed by atoms with Crippen LogP contribution in [0.25, 0.3) is 5.82 Å². The highest BCUT2D eigenvalue weighted by Gasteiger charge is 2.28. The van der Waals surface area contributed by atoms with Crippen molar-refractivity contribution >= 4 is 21.6 Å². The summed E-state index contributed by atoms with van der Waals surface area (Å²) in [6.45, 7) is 0.743. The van der Waals surface area contributed by atoms with Crippen molar-refractivity contribution in [2.24, 2.45) is 0 Å². The highest BCUT2D eigenvalue weighted by molar-refractivity contribution is 7.93. The summed E-state index contributed by atoms with van der Waals surface area (Å²) in [5.41, 5.74) is 1.76. The second-order valence-corrected chi connectivity index (χ2v) is 8.35. The van der Waals surface area contributed by atoms with Crippen molar-refractivity contribution in [1.29, 1.82) is 0 Å². The van der Waals surface area contributed by atoms with Gasteiger partial charge in [0.15, 0.2) is 5.82 Å². The number of nitrogens with zero attached hydrogens (tertiary/aromatic N) is 5. The van der Waals surface area contributed by atoms with E-state index in [0.29, 0.717) is 36.6 Å². The molecule has 1 aliphatic heterocycles. The first-order chi connectivity index (χ1) is 13.5. The Morgan fingerprint density at radius 2 is 2.11 bits per heavy atom. The van der Waals surface area contributed by atoms with Crippen molar-refractivity contribution in [3.05, 3.63) is 66.4 Å². The molecule has 0 atom stereocenters. The van der Waals surface area contributed by atoms with E-state index < -0.39 is 10.0 Å². The third-order valence-corrected chi connectivity index (χ3v) is 6.28. The number of sulfonamides is 1. The van der Waals surface area contributed by atoms with Crippen molar-refractivity contribution in [2.75, 3.05) is 16.6 Å². The van der Waals surface area contributed by atoms with Crippen molar-refractivity contribution in [1.82, 2.24) is 25.1 Å². The maximum absolute atomic E-state index is 12.5. The Balaban J connectivity index is 1.42. The van der Waals surface area contributed by atoms with Crippen molar-refractivity contribution in [3.63, 3.8) is 0 Å². The van der Waals surface area contributed by atoms with E-state index in [-0.39, 0.29) is 11.7 Å². The number of nitrogens with one attached hydrogen (secondary N) is 1. The molecule has 1 aliphatic rings. The second kappa shape index (κ2) is 7.39. The number of anilines is 1. The summed E-state index contributed by atoms with van der Waals surface area (Å²) in [6, 6.07) is 10.3. The summed E-state index contributed by atoms with van der Waals surface area (Å²) in [6.07, 6.45) is 5.23. The molecule has 0 radical (unpaired) electrons. The van der Waals surface area contributed by atoms with Gasteiger partial charge in [-0.25, -0.2) is 23.1 Å².